The number of pyridine rings is 1. The summed E-state index contributed by atoms with van der Waals surface area (Å²) in [6.45, 7) is 0. The SMILES string of the molecule is O=C(O)c1ccc(S(=O)(=O)Nc2cccc(Cl)n2)c(Br)c1. The Labute approximate surface area is 134 Å². The Hall–Kier alpha value is -1.64. The number of nitrogens with one attached hydrogen (secondary N) is 1. The highest BCUT2D eigenvalue weighted by Crippen LogP contribution is 2.25. The third-order valence-corrected chi connectivity index (χ3v) is 4.96. The van der Waals surface area contributed by atoms with Gasteiger partial charge in [0.2, 0.25) is 0 Å². The average molecular weight is 392 g/mol. The van der Waals surface area contributed by atoms with Crippen molar-refractivity contribution in [1.82, 2.24) is 4.98 Å². The molecule has 0 aliphatic rings. The van der Waals surface area contributed by atoms with Crippen LogP contribution >= 0.6 is 27.5 Å². The molecule has 0 atom stereocenters. The van der Waals surface area contributed by atoms with Gasteiger partial charge < -0.3 is 5.11 Å². The Morgan fingerprint density at radius 3 is 2.57 bits per heavy atom. The van der Waals surface area contributed by atoms with Gasteiger partial charge in [0.05, 0.1) is 5.56 Å². The number of hydrogen-bond acceptors (Lipinski definition) is 4. The van der Waals surface area contributed by atoms with E-state index in [1.165, 1.54) is 30.3 Å². The molecule has 0 saturated carbocycles. The van der Waals surface area contributed by atoms with Crippen LogP contribution in [0.4, 0.5) is 5.82 Å². The molecular formula is C12H8BrClN2O4S. The number of anilines is 1. The molecule has 6 nitrogen and oxygen atoms in total. The molecule has 0 aliphatic carbocycles. The number of aromatic carboxylic acids is 1. The van der Waals surface area contributed by atoms with E-state index in [0.29, 0.717) is 0 Å². The zero-order chi connectivity index (χ0) is 15.6. The number of nitrogens with zero attached hydrogens (tertiary/aromatic N) is 1. The molecule has 9 heteroatoms. The predicted molar refractivity (Wildman–Crippen MR) is 81.2 cm³/mol. The molecule has 1 heterocycles. The number of halogens is 2. The van der Waals surface area contributed by atoms with Crippen LogP contribution in [0.2, 0.25) is 5.15 Å². The smallest absolute Gasteiger partial charge is 0.335 e. The Morgan fingerprint density at radius 1 is 1.29 bits per heavy atom. The van der Waals surface area contributed by atoms with Gasteiger partial charge in [-0.2, -0.15) is 0 Å². The average Bonchev–Trinajstić information content (AvgIpc) is 2.37. The van der Waals surface area contributed by atoms with Crippen molar-refractivity contribution >= 4 is 49.3 Å². The van der Waals surface area contributed by atoms with E-state index in [4.69, 9.17) is 16.7 Å². The van der Waals surface area contributed by atoms with Crippen LogP contribution in [0.25, 0.3) is 0 Å². The lowest BCUT2D eigenvalue weighted by atomic mass is 10.2. The minimum Gasteiger partial charge on any atom is -0.478 e. The van der Waals surface area contributed by atoms with Gasteiger partial charge in [-0.25, -0.2) is 18.2 Å². The van der Waals surface area contributed by atoms with E-state index in [1.54, 1.807) is 6.07 Å². The molecule has 0 fully saturated rings. The Morgan fingerprint density at radius 2 is 2.00 bits per heavy atom. The largest absolute Gasteiger partial charge is 0.478 e. The van der Waals surface area contributed by atoms with E-state index in [-0.39, 0.29) is 25.9 Å². The van der Waals surface area contributed by atoms with Crippen LogP contribution < -0.4 is 4.72 Å². The molecule has 0 spiro atoms. The zero-order valence-corrected chi connectivity index (χ0v) is 13.4. The van der Waals surface area contributed by atoms with E-state index in [1.807, 2.05) is 0 Å². The Bertz CT molecular complexity index is 811. The predicted octanol–water partition coefficient (Wildman–Crippen LogP) is 3.00. The summed E-state index contributed by atoms with van der Waals surface area (Å²) in [7, 11) is -3.91. The van der Waals surface area contributed by atoms with Crippen molar-refractivity contribution in [2.45, 2.75) is 4.90 Å². The summed E-state index contributed by atoms with van der Waals surface area (Å²) in [5, 5.41) is 9.01. The van der Waals surface area contributed by atoms with Crippen molar-refractivity contribution in [3.63, 3.8) is 0 Å². The minimum atomic E-state index is -3.91. The first-order chi connectivity index (χ1) is 9.79. The lowest BCUT2D eigenvalue weighted by Gasteiger charge is -2.09. The number of sulfonamides is 1. The van der Waals surface area contributed by atoms with Crippen molar-refractivity contribution in [2.75, 3.05) is 4.72 Å². The van der Waals surface area contributed by atoms with E-state index in [9.17, 15) is 13.2 Å². The molecule has 2 N–H and O–H groups in total. The van der Waals surface area contributed by atoms with Crippen molar-refractivity contribution in [1.29, 1.82) is 0 Å². The molecule has 1 aromatic heterocycles. The van der Waals surface area contributed by atoms with Gasteiger partial charge >= 0.3 is 5.97 Å². The maximum atomic E-state index is 12.2. The third kappa shape index (κ3) is 3.72. The maximum Gasteiger partial charge on any atom is 0.335 e. The zero-order valence-electron chi connectivity index (χ0n) is 10.2. The van der Waals surface area contributed by atoms with Gasteiger partial charge in [-0.15, -0.1) is 0 Å². The first kappa shape index (κ1) is 15.7. The molecule has 1 aromatic carbocycles. The van der Waals surface area contributed by atoms with Crippen molar-refractivity contribution in [3.8, 4) is 0 Å². The van der Waals surface area contributed by atoms with Gasteiger partial charge in [0.1, 0.15) is 15.9 Å². The van der Waals surface area contributed by atoms with Gasteiger partial charge in [-0.3, -0.25) is 4.72 Å². The van der Waals surface area contributed by atoms with Crippen LogP contribution in [-0.4, -0.2) is 24.5 Å². The van der Waals surface area contributed by atoms with E-state index in [2.05, 4.69) is 25.6 Å². The number of aromatic nitrogens is 1. The highest BCUT2D eigenvalue weighted by atomic mass is 79.9. The van der Waals surface area contributed by atoms with Crippen LogP contribution in [-0.2, 0) is 10.0 Å². The summed E-state index contributed by atoms with van der Waals surface area (Å²) in [6, 6.07) is 8.12. The topological polar surface area (TPSA) is 96.4 Å². The summed E-state index contributed by atoms with van der Waals surface area (Å²) >= 11 is 8.74. The second kappa shape index (κ2) is 6.00. The molecule has 0 saturated heterocycles. The number of benzene rings is 1. The second-order valence-corrected chi connectivity index (χ2v) is 6.79. The van der Waals surface area contributed by atoms with E-state index < -0.39 is 16.0 Å². The number of carboxylic acids is 1. The number of hydrogen-bond donors (Lipinski definition) is 2. The van der Waals surface area contributed by atoms with Crippen molar-refractivity contribution in [2.24, 2.45) is 0 Å². The summed E-state index contributed by atoms with van der Waals surface area (Å²) in [5.74, 6) is -1.08. The molecule has 2 aromatic rings. The molecule has 0 unspecified atom stereocenters. The fraction of sp³-hybridized carbons (Fsp3) is 0. The number of carboxylic acid groups (broad SMARTS) is 1. The molecule has 0 bridgehead atoms. The second-order valence-electron chi connectivity index (χ2n) is 3.90. The van der Waals surface area contributed by atoms with E-state index in [0.717, 1.165) is 0 Å². The summed E-state index contributed by atoms with van der Waals surface area (Å²) < 4.78 is 26.9. The molecular weight excluding hydrogens is 384 g/mol. The van der Waals surface area contributed by atoms with Crippen molar-refractivity contribution < 1.29 is 18.3 Å². The highest BCUT2D eigenvalue weighted by Gasteiger charge is 2.19. The molecule has 110 valence electrons. The molecule has 0 aliphatic heterocycles. The van der Waals surface area contributed by atoms with Crippen LogP contribution in [0.5, 0.6) is 0 Å². The number of rotatable bonds is 4. The quantitative estimate of drug-likeness (QED) is 0.781. The third-order valence-electron chi connectivity index (χ3n) is 2.42. The van der Waals surface area contributed by atoms with Crippen LogP contribution in [0, 0.1) is 0 Å². The first-order valence-electron chi connectivity index (χ1n) is 5.48. The maximum absolute atomic E-state index is 12.2. The summed E-state index contributed by atoms with van der Waals surface area (Å²) in [4.78, 5) is 14.6. The summed E-state index contributed by atoms with van der Waals surface area (Å²) in [5.41, 5.74) is -0.0262. The normalized spacial score (nSPS) is 11.1. The molecule has 0 amide bonds. The Kier molecular flexibility index (Phi) is 4.50. The lowest BCUT2D eigenvalue weighted by molar-refractivity contribution is 0.0696. The first-order valence-corrected chi connectivity index (χ1v) is 8.13. The summed E-state index contributed by atoms with van der Waals surface area (Å²) in [6.07, 6.45) is 0. The minimum absolute atomic E-state index is 0.0262. The molecule has 2 rings (SSSR count). The van der Waals surface area contributed by atoms with Crippen LogP contribution in [0.3, 0.4) is 0 Å². The molecule has 21 heavy (non-hydrogen) atoms. The van der Waals surface area contributed by atoms with E-state index >= 15 is 0 Å². The monoisotopic (exact) mass is 390 g/mol. The fourth-order valence-corrected chi connectivity index (χ4v) is 3.75. The van der Waals surface area contributed by atoms with Gasteiger partial charge in [-0.05, 0) is 46.3 Å². The van der Waals surface area contributed by atoms with Gasteiger partial charge in [-0.1, -0.05) is 17.7 Å². The molecule has 0 radical (unpaired) electrons. The van der Waals surface area contributed by atoms with Gasteiger partial charge in [0.25, 0.3) is 10.0 Å². The van der Waals surface area contributed by atoms with Crippen molar-refractivity contribution in [3.05, 3.63) is 51.6 Å². The number of carbonyl (C=O) groups is 1. The fourth-order valence-electron chi connectivity index (χ4n) is 1.51. The Balaban J connectivity index is 2.38. The lowest BCUT2D eigenvalue weighted by Crippen LogP contribution is -2.15. The van der Waals surface area contributed by atoms with Crippen LogP contribution in [0.1, 0.15) is 10.4 Å². The standard InChI is InChI=1S/C12H8BrClN2O4S/c13-8-6-7(12(17)18)4-5-9(8)21(19,20)16-11-3-1-2-10(14)15-11/h1-6H,(H,15,16)(H,17,18). The van der Waals surface area contributed by atoms with Crippen LogP contribution in [0.15, 0.2) is 45.8 Å². The highest BCUT2D eigenvalue weighted by molar-refractivity contribution is 9.10. The van der Waals surface area contributed by atoms with Gasteiger partial charge in [0, 0.05) is 4.47 Å². The van der Waals surface area contributed by atoms with Gasteiger partial charge in [0.15, 0.2) is 0 Å².